The molecule has 7 nitrogen and oxygen atoms in total. The topological polar surface area (TPSA) is 94.7 Å². The molecule has 4 rings (SSSR count). The van der Waals surface area contributed by atoms with Gasteiger partial charge in [-0.05, 0) is 36.6 Å². The molecule has 0 saturated heterocycles. The van der Waals surface area contributed by atoms with E-state index in [1.165, 1.54) is 0 Å². The van der Waals surface area contributed by atoms with Gasteiger partial charge in [0.15, 0.2) is 6.29 Å². The van der Waals surface area contributed by atoms with Crippen LogP contribution in [0.3, 0.4) is 0 Å². The molecule has 0 radical (unpaired) electrons. The fourth-order valence-electron chi connectivity index (χ4n) is 3.17. The zero-order valence-electron chi connectivity index (χ0n) is 15.1. The minimum atomic E-state index is -0.559. The van der Waals surface area contributed by atoms with E-state index in [1.54, 1.807) is 11.3 Å². The summed E-state index contributed by atoms with van der Waals surface area (Å²) in [6.45, 7) is 3.66. The van der Waals surface area contributed by atoms with Gasteiger partial charge in [0.25, 0.3) is 0 Å². The first-order chi connectivity index (χ1) is 13.2. The third-order valence-corrected chi connectivity index (χ3v) is 5.22. The summed E-state index contributed by atoms with van der Waals surface area (Å²) < 4.78 is 7.81. The Morgan fingerprint density at radius 1 is 1.26 bits per heavy atom. The van der Waals surface area contributed by atoms with E-state index < -0.39 is 6.29 Å². The van der Waals surface area contributed by atoms with E-state index in [0.717, 1.165) is 27.4 Å². The maximum absolute atomic E-state index is 6.37. The molecule has 2 aromatic heterocycles. The van der Waals surface area contributed by atoms with E-state index in [4.69, 9.17) is 21.2 Å². The van der Waals surface area contributed by atoms with E-state index in [-0.39, 0.29) is 0 Å². The summed E-state index contributed by atoms with van der Waals surface area (Å²) >= 11 is 1.64. The predicted octanol–water partition coefficient (Wildman–Crippen LogP) is 2.52. The number of aliphatic imine (C=N–C) groups is 1. The Kier molecular flexibility index (Phi) is 4.93. The molecule has 0 bridgehead atoms. The minimum absolute atomic E-state index is 0.494. The normalized spacial score (nSPS) is 16.8. The van der Waals surface area contributed by atoms with Crippen molar-refractivity contribution in [3.05, 3.63) is 52.9 Å². The number of anilines is 1. The van der Waals surface area contributed by atoms with Crippen molar-refractivity contribution in [2.24, 2.45) is 16.5 Å². The molecule has 1 atom stereocenters. The average molecular weight is 382 g/mol. The van der Waals surface area contributed by atoms with Gasteiger partial charge in [-0.15, -0.1) is 11.3 Å². The number of aromatic nitrogens is 2. The van der Waals surface area contributed by atoms with Crippen molar-refractivity contribution in [1.82, 2.24) is 9.55 Å². The molecule has 1 aliphatic rings. The molecule has 0 aliphatic carbocycles. The molecule has 1 unspecified atom stereocenters. The Balaban J connectivity index is 1.76. The summed E-state index contributed by atoms with van der Waals surface area (Å²) in [5.74, 6) is 1.46. The third-order valence-electron chi connectivity index (χ3n) is 4.33. The summed E-state index contributed by atoms with van der Waals surface area (Å²) in [5, 5.41) is 2.03. The highest BCUT2D eigenvalue weighted by Crippen LogP contribution is 2.31. The summed E-state index contributed by atoms with van der Waals surface area (Å²) in [7, 11) is 0. The molecule has 8 heteroatoms. The summed E-state index contributed by atoms with van der Waals surface area (Å²) in [4.78, 5) is 12.4. The molecule has 0 saturated carbocycles. The zero-order chi connectivity index (χ0) is 18.8. The van der Waals surface area contributed by atoms with Crippen LogP contribution in [0, 0.1) is 0 Å². The second-order valence-electron chi connectivity index (χ2n) is 6.04. The van der Waals surface area contributed by atoms with Crippen LogP contribution in [-0.4, -0.2) is 34.7 Å². The highest BCUT2D eigenvalue weighted by Gasteiger charge is 2.24. The van der Waals surface area contributed by atoms with Gasteiger partial charge in [0, 0.05) is 19.3 Å². The molecule has 1 aliphatic heterocycles. The smallest absolute Gasteiger partial charge is 0.213 e. The Morgan fingerprint density at radius 3 is 2.85 bits per heavy atom. The van der Waals surface area contributed by atoms with E-state index in [0.29, 0.717) is 25.6 Å². The Labute approximate surface area is 161 Å². The summed E-state index contributed by atoms with van der Waals surface area (Å²) in [6.07, 6.45) is 3.34. The fraction of sp³-hybridized carbons (Fsp3) is 0.263. The van der Waals surface area contributed by atoms with Gasteiger partial charge in [-0.2, -0.15) is 0 Å². The number of benzene rings is 1. The SMILES string of the molecule is CCOc1cccc2c1nc(N1C=CC(c3cccs3)=NC1N)n2CCN. The van der Waals surface area contributed by atoms with Crippen LogP contribution < -0.4 is 21.1 Å². The quantitative estimate of drug-likeness (QED) is 0.683. The number of thiophene rings is 1. The second-order valence-corrected chi connectivity index (χ2v) is 6.98. The van der Waals surface area contributed by atoms with E-state index in [2.05, 4.69) is 9.56 Å². The summed E-state index contributed by atoms with van der Waals surface area (Å²) in [5.41, 5.74) is 14.9. The van der Waals surface area contributed by atoms with Gasteiger partial charge in [0.2, 0.25) is 5.95 Å². The number of hydrogen-bond donors (Lipinski definition) is 2. The number of para-hydroxylation sites is 1. The molecular weight excluding hydrogens is 360 g/mol. The number of nitrogens with two attached hydrogens (primary N) is 2. The first kappa shape index (κ1) is 17.7. The van der Waals surface area contributed by atoms with Gasteiger partial charge in [-0.25, -0.2) is 9.98 Å². The number of hydrogen-bond acceptors (Lipinski definition) is 7. The number of rotatable bonds is 6. The highest BCUT2D eigenvalue weighted by molar-refractivity contribution is 7.12. The molecule has 3 aromatic rings. The van der Waals surface area contributed by atoms with Gasteiger partial charge in [0.05, 0.1) is 22.7 Å². The first-order valence-electron chi connectivity index (χ1n) is 8.89. The maximum Gasteiger partial charge on any atom is 0.213 e. The predicted molar refractivity (Wildman–Crippen MR) is 110 cm³/mol. The molecular formula is C19H22N6OS. The molecule has 0 amide bonds. The lowest BCUT2D eigenvalue weighted by atomic mass is 10.2. The lowest BCUT2D eigenvalue weighted by molar-refractivity contribution is 0.343. The van der Waals surface area contributed by atoms with Gasteiger partial charge < -0.3 is 15.0 Å². The van der Waals surface area contributed by atoms with Crippen molar-refractivity contribution >= 4 is 34.0 Å². The van der Waals surface area contributed by atoms with Crippen LogP contribution in [-0.2, 0) is 6.54 Å². The lowest BCUT2D eigenvalue weighted by Gasteiger charge is -2.27. The Morgan fingerprint density at radius 2 is 2.15 bits per heavy atom. The molecule has 0 fully saturated rings. The molecule has 0 spiro atoms. The number of imidazole rings is 1. The standard InChI is InChI=1S/C19H22N6OS/c1-2-26-15-6-3-5-14-17(15)23-19(24(14)11-9-20)25-10-8-13(22-18(25)21)16-7-4-12-27-16/h3-8,10,12,18H,2,9,11,20-21H2,1H3. The number of fused-ring (bicyclic) bond motifs is 1. The molecule has 140 valence electrons. The molecule has 27 heavy (non-hydrogen) atoms. The number of ether oxygens (including phenoxy) is 1. The van der Waals surface area contributed by atoms with E-state index >= 15 is 0 Å². The van der Waals surface area contributed by atoms with Crippen molar-refractivity contribution < 1.29 is 4.74 Å². The van der Waals surface area contributed by atoms with Crippen molar-refractivity contribution in [3.63, 3.8) is 0 Å². The second kappa shape index (κ2) is 7.51. The Bertz CT molecular complexity index is 991. The van der Waals surface area contributed by atoms with Crippen LogP contribution >= 0.6 is 11.3 Å². The third kappa shape index (κ3) is 3.23. The Hall–Kier alpha value is -2.68. The van der Waals surface area contributed by atoms with Crippen LogP contribution in [0.4, 0.5) is 5.95 Å². The molecule has 1 aromatic carbocycles. The zero-order valence-corrected chi connectivity index (χ0v) is 15.9. The highest BCUT2D eigenvalue weighted by atomic mass is 32.1. The largest absolute Gasteiger partial charge is 0.492 e. The number of nitrogens with zero attached hydrogens (tertiary/aromatic N) is 4. The van der Waals surface area contributed by atoms with Crippen LogP contribution in [0.15, 0.2) is 53.0 Å². The van der Waals surface area contributed by atoms with Crippen LogP contribution in [0.5, 0.6) is 5.75 Å². The van der Waals surface area contributed by atoms with E-state index in [1.807, 2.05) is 59.8 Å². The van der Waals surface area contributed by atoms with Crippen LogP contribution in [0.1, 0.15) is 11.8 Å². The maximum atomic E-state index is 6.37. The van der Waals surface area contributed by atoms with Crippen molar-refractivity contribution in [1.29, 1.82) is 0 Å². The molecule has 3 heterocycles. The van der Waals surface area contributed by atoms with Crippen LogP contribution in [0.2, 0.25) is 0 Å². The first-order valence-corrected chi connectivity index (χ1v) is 9.76. The van der Waals surface area contributed by atoms with Crippen LogP contribution in [0.25, 0.3) is 11.0 Å². The van der Waals surface area contributed by atoms with Gasteiger partial charge in [0.1, 0.15) is 11.3 Å². The lowest BCUT2D eigenvalue weighted by Crippen LogP contribution is -2.41. The minimum Gasteiger partial charge on any atom is -0.492 e. The van der Waals surface area contributed by atoms with E-state index in [9.17, 15) is 0 Å². The average Bonchev–Trinajstić information content (AvgIpc) is 3.32. The monoisotopic (exact) mass is 382 g/mol. The summed E-state index contributed by atoms with van der Waals surface area (Å²) in [6, 6.07) is 9.95. The van der Waals surface area contributed by atoms with Gasteiger partial charge in [-0.3, -0.25) is 10.6 Å². The molecule has 4 N–H and O–H groups in total. The van der Waals surface area contributed by atoms with Crippen molar-refractivity contribution in [2.75, 3.05) is 18.1 Å². The van der Waals surface area contributed by atoms with Crippen molar-refractivity contribution in [3.8, 4) is 5.75 Å². The number of allylic oxidation sites excluding steroid dienone is 1. The van der Waals surface area contributed by atoms with Crippen molar-refractivity contribution in [2.45, 2.75) is 19.8 Å². The van der Waals surface area contributed by atoms with Gasteiger partial charge >= 0.3 is 0 Å². The van der Waals surface area contributed by atoms with Gasteiger partial charge in [-0.1, -0.05) is 12.1 Å². The fourth-order valence-corrected chi connectivity index (χ4v) is 3.87.